The molecule has 100 valence electrons. The van der Waals surface area contributed by atoms with Gasteiger partial charge in [0.25, 0.3) is 0 Å². The summed E-state index contributed by atoms with van der Waals surface area (Å²) in [6.07, 6.45) is 1.57. The Morgan fingerprint density at radius 2 is 2.11 bits per heavy atom. The van der Waals surface area contributed by atoms with Crippen LogP contribution in [0.4, 0.5) is 4.39 Å². The van der Waals surface area contributed by atoms with Crippen LogP contribution in [0, 0.1) is 12.7 Å². The second-order valence-corrected chi connectivity index (χ2v) is 4.35. The van der Waals surface area contributed by atoms with Crippen molar-refractivity contribution in [2.45, 2.75) is 26.4 Å². The summed E-state index contributed by atoms with van der Waals surface area (Å²) >= 11 is 0. The van der Waals surface area contributed by atoms with E-state index in [0.29, 0.717) is 23.6 Å². The molecule has 4 heteroatoms. The number of halogens is 1. The third kappa shape index (κ3) is 3.29. The predicted molar refractivity (Wildman–Crippen MR) is 70.7 cm³/mol. The smallest absolute Gasteiger partial charge is 0.145 e. The summed E-state index contributed by atoms with van der Waals surface area (Å²) in [4.78, 5) is 4.13. The minimum Gasteiger partial charge on any atom is -0.455 e. The van der Waals surface area contributed by atoms with E-state index in [1.165, 1.54) is 18.3 Å². The quantitative estimate of drug-likeness (QED) is 0.911. The molecule has 2 rings (SSSR count). The van der Waals surface area contributed by atoms with Gasteiger partial charge >= 0.3 is 0 Å². The van der Waals surface area contributed by atoms with E-state index in [1.807, 2.05) is 13.8 Å². The molecule has 0 aliphatic rings. The van der Waals surface area contributed by atoms with E-state index in [0.717, 1.165) is 5.56 Å². The van der Waals surface area contributed by atoms with Gasteiger partial charge in [-0.25, -0.2) is 4.39 Å². The number of rotatable bonds is 4. The molecule has 1 heterocycles. The van der Waals surface area contributed by atoms with E-state index in [1.54, 1.807) is 18.2 Å². The molecule has 2 aromatic rings. The second-order valence-electron chi connectivity index (χ2n) is 4.35. The minimum absolute atomic E-state index is 0.341. The zero-order valence-electron chi connectivity index (χ0n) is 10.9. The number of benzene rings is 1. The third-order valence-corrected chi connectivity index (χ3v) is 2.87. The van der Waals surface area contributed by atoms with Crippen molar-refractivity contribution in [2.24, 2.45) is 0 Å². The van der Waals surface area contributed by atoms with Gasteiger partial charge in [-0.05, 0) is 37.1 Å². The first-order chi connectivity index (χ1) is 9.10. The van der Waals surface area contributed by atoms with E-state index in [2.05, 4.69) is 4.98 Å². The lowest BCUT2D eigenvalue weighted by Crippen LogP contribution is -1.98. The van der Waals surface area contributed by atoms with Gasteiger partial charge in [0, 0.05) is 6.07 Å². The fourth-order valence-corrected chi connectivity index (χ4v) is 1.67. The summed E-state index contributed by atoms with van der Waals surface area (Å²) in [7, 11) is 0. The number of pyridine rings is 1. The number of aliphatic hydroxyl groups is 1. The van der Waals surface area contributed by atoms with Crippen molar-refractivity contribution < 1.29 is 14.2 Å². The fourth-order valence-electron chi connectivity index (χ4n) is 1.67. The normalized spacial score (nSPS) is 12.2. The van der Waals surface area contributed by atoms with Crippen LogP contribution in [0.25, 0.3) is 0 Å². The number of aromatic nitrogens is 1. The molecule has 3 nitrogen and oxygen atoms in total. The highest BCUT2D eigenvalue weighted by Gasteiger charge is 2.07. The molecule has 0 radical (unpaired) electrons. The molecule has 0 saturated heterocycles. The van der Waals surface area contributed by atoms with Crippen LogP contribution in [0.2, 0.25) is 0 Å². The fraction of sp³-hybridized carbons (Fsp3) is 0.267. The van der Waals surface area contributed by atoms with E-state index < -0.39 is 6.10 Å². The number of aliphatic hydroxyl groups excluding tert-OH is 1. The average Bonchev–Trinajstić information content (AvgIpc) is 2.43. The largest absolute Gasteiger partial charge is 0.455 e. The van der Waals surface area contributed by atoms with E-state index >= 15 is 0 Å². The Bertz CT molecular complexity index is 555. The van der Waals surface area contributed by atoms with E-state index in [-0.39, 0.29) is 5.82 Å². The second kappa shape index (κ2) is 5.80. The van der Waals surface area contributed by atoms with Crippen molar-refractivity contribution >= 4 is 0 Å². The Kier molecular flexibility index (Phi) is 4.12. The summed E-state index contributed by atoms with van der Waals surface area (Å²) in [5.74, 6) is 0.637. The Balaban J connectivity index is 2.17. The van der Waals surface area contributed by atoms with Crippen molar-refractivity contribution in [3.8, 4) is 11.5 Å². The Morgan fingerprint density at radius 1 is 1.32 bits per heavy atom. The van der Waals surface area contributed by atoms with E-state index in [4.69, 9.17) is 4.74 Å². The molecule has 1 N–H and O–H groups in total. The van der Waals surface area contributed by atoms with Crippen LogP contribution < -0.4 is 4.74 Å². The van der Waals surface area contributed by atoms with Crippen LogP contribution in [0.5, 0.6) is 11.5 Å². The van der Waals surface area contributed by atoms with E-state index in [9.17, 15) is 9.50 Å². The maximum atomic E-state index is 13.1. The van der Waals surface area contributed by atoms with Crippen LogP contribution in [-0.4, -0.2) is 10.1 Å². The SMILES string of the molecule is CC[C@H](O)c1ccc(Oc2cc(F)ccc2C)cn1. The molecule has 0 fully saturated rings. The minimum atomic E-state index is -0.565. The highest BCUT2D eigenvalue weighted by molar-refractivity contribution is 5.36. The average molecular weight is 261 g/mol. The van der Waals surface area contributed by atoms with Gasteiger partial charge < -0.3 is 9.84 Å². The Hall–Kier alpha value is -1.94. The number of aryl methyl sites for hydroxylation is 1. The van der Waals surface area contributed by atoms with Gasteiger partial charge in [-0.3, -0.25) is 4.98 Å². The predicted octanol–water partition coefficient (Wildman–Crippen LogP) is 3.76. The Labute approximate surface area is 111 Å². The van der Waals surface area contributed by atoms with Crippen molar-refractivity contribution in [1.29, 1.82) is 0 Å². The topological polar surface area (TPSA) is 42.4 Å². The lowest BCUT2D eigenvalue weighted by Gasteiger charge is -2.10. The lowest BCUT2D eigenvalue weighted by molar-refractivity contribution is 0.169. The van der Waals surface area contributed by atoms with Crippen LogP contribution in [0.3, 0.4) is 0 Å². The van der Waals surface area contributed by atoms with Crippen LogP contribution in [-0.2, 0) is 0 Å². The van der Waals surface area contributed by atoms with Gasteiger partial charge in [-0.15, -0.1) is 0 Å². The molecule has 0 aliphatic carbocycles. The third-order valence-electron chi connectivity index (χ3n) is 2.87. The molecule has 1 aromatic carbocycles. The van der Waals surface area contributed by atoms with Gasteiger partial charge in [0.15, 0.2) is 0 Å². The molecule has 0 bridgehead atoms. The summed E-state index contributed by atoms with van der Waals surface area (Å²) in [5.41, 5.74) is 1.45. The highest BCUT2D eigenvalue weighted by atomic mass is 19.1. The number of ether oxygens (including phenoxy) is 1. The molecule has 1 atom stereocenters. The monoisotopic (exact) mass is 261 g/mol. The number of nitrogens with zero attached hydrogens (tertiary/aromatic N) is 1. The first-order valence-corrected chi connectivity index (χ1v) is 6.18. The molecule has 0 unspecified atom stereocenters. The summed E-state index contributed by atoms with van der Waals surface area (Å²) in [5, 5.41) is 9.64. The van der Waals surface area contributed by atoms with Gasteiger partial charge in [0.05, 0.1) is 18.0 Å². The maximum absolute atomic E-state index is 13.1. The molecular weight excluding hydrogens is 245 g/mol. The molecule has 0 aliphatic heterocycles. The maximum Gasteiger partial charge on any atom is 0.145 e. The highest BCUT2D eigenvalue weighted by Crippen LogP contribution is 2.26. The van der Waals surface area contributed by atoms with Gasteiger partial charge in [-0.2, -0.15) is 0 Å². The molecule has 19 heavy (non-hydrogen) atoms. The zero-order chi connectivity index (χ0) is 13.8. The summed E-state index contributed by atoms with van der Waals surface area (Å²) in [6, 6.07) is 7.81. The molecule has 0 spiro atoms. The Morgan fingerprint density at radius 3 is 2.74 bits per heavy atom. The van der Waals surface area contributed by atoms with Gasteiger partial charge in [0.1, 0.15) is 17.3 Å². The molecule has 0 saturated carbocycles. The van der Waals surface area contributed by atoms with Crippen LogP contribution >= 0.6 is 0 Å². The molecular formula is C15H16FNO2. The van der Waals surface area contributed by atoms with Crippen LogP contribution in [0.15, 0.2) is 36.5 Å². The van der Waals surface area contributed by atoms with Crippen molar-refractivity contribution in [3.05, 3.63) is 53.6 Å². The number of hydrogen-bond acceptors (Lipinski definition) is 3. The van der Waals surface area contributed by atoms with Crippen molar-refractivity contribution in [3.63, 3.8) is 0 Å². The first kappa shape index (κ1) is 13.5. The number of hydrogen-bond donors (Lipinski definition) is 1. The molecule has 0 amide bonds. The zero-order valence-corrected chi connectivity index (χ0v) is 10.9. The van der Waals surface area contributed by atoms with Crippen LogP contribution in [0.1, 0.15) is 30.7 Å². The van der Waals surface area contributed by atoms with Crippen molar-refractivity contribution in [2.75, 3.05) is 0 Å². The van der Waals surface area contributed by atoms with Gasteiger partial charge in [-0.1, -0.05) is 13.0 Å². The summed E-state index contributed by atoms with van der Waals surface area (Å²) < 4.78 is 18.7. The first-order valence-electron chi connectivity index (χ1n) is 6.18. The van der Waals surface area contributed by atoms with Crippen molar-refractivity contribution in [1.82, 2.24) is 4.98 Å². The lowest BCUT2D eigenvalue weighted by atomic mass is 10.2. The van der Waals surface area contributed by atoms with Gasteiger partial charge in [0.2, 0.25) is 0 Å². The summed E-state index contributed by atoms with van der Waals surface area (Å²) in [6.45, 7) is 3.73. The standard InChI is InChI=1S/C15H16FNO2/c1-3-14(18)13-7-6-12(9-17-13)19-15-8-11(16)5-4-10(15)2/h4-9,14,18H,3H2,1-2H3/t14-/m0/s1. The molecule has 1 aromatic heterocycles.